The Balaban J connectivity index is 1.98. The molecular weight excluding hydrogens is 292 g/mol. The molecule has 0 bridgehead atoms. The maximum Gasteiger partial charge on any atom is 0.263 e. The summed E-state index contributed by atoms with van der Waals surface area (Å²) in [5.74, 6) is 1.24. The smallest absolute Gasteiger partial charge is 0.202 e. The van der Waals surface area contributed by atoms with Gasteiger partial charge in [-0.2, -0.15) is 4.57 Å². The van der Waals surface area contributed by atoms with E-state index in [9.17, 15) is 0 Å². The maximum absolute atomic E-state index is 2.38. The number of nitrogens with zero attached hydrogens (tertiary/aromatic N) is 2. The van der Waals surface area contributed by atoms with Crippen LogP contribution in [0.4, 0.5) is 0 Å². The molecular formula is C22H23N2+. The lowest BCUT2D eigenvalue weighted by atomic mass is 9.80. The third-order valence-corrected chi connectivity index (χ3v) is 5.37. The van der Waals surface area contributed by atoms with Gasteiger partial charge in [-0.25, -0.2) is 4.57 Å². The number of allylic oxidation sites excluding steroid dienone is 1. The molecule has 1 aromatic heterocycles. The molecule has 2 heterocycles. The molecule has 0 N–H and O–H groups in total. The van der Waals surface area contributed by atoms with E-state index in [0.717, 1.165) is 0 Å². The summed E-state index contributed by atoms with van der Waals surface area (Å²) in [5.41, 5.74) is 6.45. The second-order valence-corrected chi connectivity index (χ2v) is 6.86. The molecule has 0 amide bonds. The Labute approximate surface area is 143 Å². The molecule has 2 nitrogen and oxygen atoms in total. The van der Waals surface area contributed by atoms with Gasteiger partial charge in [-0.1, -0.05) is 48.5 Å². The molecule has 0 saturated heterocycles. The largest absolute Gasteiger partial charge is 0.263 e. The van der Waals surface area contributed by atoms with E-state index in [0.29, 0.717) is 0 Å². The first kappa shape index (κ1) is 14.9. The highest BCUT2D eigenvalue weighted by Gasteiger charge is 2.43. The fourth-order valence-corrected chi connectivity index (χ4v) is 4.09. The number of imidazole rings is 1. The Kier molecular flexibility index (Phi) is 3.24. The molecule has 3 aromatic rings. The lowest BCUT2D eigenvalue weighted by molar-refractivity contribution is -0.580. The number of benzene rings is 2. The topological polar surface area (TPSA) is 8.81 Å². The third kappa shape index (κ3) is 1.92. The number of aryl methyl sites for hydroxylation is 1. The third-order valence-electron chi connectivity index (χ3n) is 5.37. The standard InChI is InChI=1S/C22H23N2/c1-16-10-8-9-13-20(16)24-17(2)21-22(4,14-15-23(21)18(24)3)19-11-6-5-7-12-19/h5-15H,1-4H3/q+1. The van der Waals surface area contributed by atoms with Crippen LogP contribution in [0.5, 0.6) is 0 Å². The second-order valence-electron chi connectivity index (χ2n) is 6.86. The summed E-state index contributed by atoms with van der Waals surface area (Å²) >= 11 is 0. The van der Waals surface area contributed by atoms with E-state index >= 15 is 0 Å². The van der Waals surface area contributed by atoms with Crippen LogP contribution in [-0.2, 0) is 5.41 Å². The molecule has 2 heteroatoms. The van der Waals surface area contributed by atoms with Crippen molar-refractivity contribution in [2.75, 3.05) is 0 Å². The van der Waals surface area contributed by atoms with Crippen LogP contribution in [0.1, 0.15) is 35.3 Å². The van der Waals surface area contributed by atoms with Crippen LogP contribution < -0.4 is 4.57 Å². The summed E-state index contributed by atoms with van der Waals surface area (Å²) in [7, 11) is 0. The monoisotopic (exact) mass is 315 g/mol. The minimum absolute atomic E-state index is 0.0932. The Morgan fingerprint density at radius 1 is 0.875 bits per heavy atom. The average molecular weight is 315 g/mol. The van der Waals surface area contributed by atoms with Crippen molar-refractivity contribution in [1.29, 1.82) is 0 Å². The van der Waals surface area contributed by atoms with Crippen molar-refractivity contribution in [3.63, 3.8) is 0 Å². The van der Waals surface area contributed by atoms with Gasteiger partial charge in [0.05, 0.1) is 11.6 Å². The van der Waals surface area contributed by atoms with Crippen LogP contribution in [0.15, 0.2) is 60.7 Å². The van der Waals surface area contributed by atoms with E-state index in [1.54, 1.807) is 0 Å². The van der Waals surface area contributed by atoms with Crippen LogP contribution in [0, 0.1) is 20.8 Å². The fourth-order valence-electron chi connectivity index (χ4n) is 4.09. The van der Waals surface area contributed by atoms with Gasteiger partial charge in [0.1, 0.15) is 5.69 Å². The van der Waals surface area contributed by atoms with Crippen molar-refractivity contribution in [1.82, 2.24) is 4.57 Å². The van der Waals surface area contributed by atoms with Crippen LogP contribution in [-0.4, -0.2) is 4.57 Å². The predicted molar refractivity (Wildman–Crippen MR) is 98.4 cm³/mol. The lowest BCUT2D eigenvalue weighted by Crippen LogP contribution is -2.34. The van der Waals surface area contributed by atoms with E-state index in [4.69, 9.17) is 0 Å². The van der Waals surface area contributed by atoms with Gasteiger partial charge in [0.25, 0.3) is 5.82 Å². The molecule has 1 aliphatic heterocycles. The first-order chi connectivity index (χ1) is 11.5. The van der Waals surface area contributed by atoms with Gasteiger partial charge in [0.2, 0.25) is 0 Å². The van der Waals surface area contributed by atoms with Gasteiger partial charge in [-0.15, -0.1) is 0 Å². The minimum Gasteiger partial charge on any atom is -0.202 e. The molecule has 0 spiro atoms. The van der Waals surface area contributed by atoms with E-state index in [2.05, 4.69) is 104 Å². The molecule has 120 valence electrons. The van der Waals surface area contributed by atoms with Gasteiger partial charge in [0, 0.05) is 13.8 Å². The number of fused-ring (bicyclic) bond motifs is 1. The highest BCUT2D eigenvalue weighted by molar-refractivity contribution is 5.50. The fraction of sp³-hybridized carbons (Fsp3) is 0.227. The minimum atomic E-state index is -0.0932. The number of para-hydroxylation sites is 1. The zero-order valence-corrected chi connectivity index (χ0v) is 14.7. The van der Waals surface area contributed by atoms with Crippen molar-refractivity contribution in [3.05, 3.63) is 89.0 Å². The van der Waals surface area contributed by atoms with Crippen molar-refractivity contribution < 1.29 is 4.57 Å². The average Bonchev–Trinajstić information content (AvgIpc) is 3.07. The summed E-state index contributed by atoms with van der Waals surface area (Å²) in [6, 6.07) is 19.4. The number of aromatic nitrogens is 2. The van der Waals surface area contributed by atoms with E-state index in [1.807, 2.05) is 0 Å². The van der Waals surface area contributed by atoms with Crippen LogP contribution in [0.2, 0.25) is 0 Å². The summed E-state index contributed by atoms with van der Waals surface area (Å²) in [5, 5.41) is 0. The quantitative estimate of drug-likeness (QED) is 0.617. The lowest BCUT2D eigenvalue weighted by Gasteiger charge is -2.20. The van der Waals surface area contributed by atoms with Crippen LogP contribution in [0.3, 0.4) is 0 Å². The molecule has 2 aromatic carbocycles. The van der Waals surface area contributed by atoms with Crippen molar-refractivity contribution in [2.45, 2.75) is 33.1 Å². The van der Waals surface area contributed by atoms with Gasteiger partial charge in [0.15, 0.2) is 11.4 Å². The summed E-state index contributed by atoms with van der Waals surface area (Å²) in [6.45, 7) is 8.92. The SMILES string of the molecule is Cc1ccccc1-n1c(C)c2[n+](c1C)C=CC2(C)c1ccccc1. The first-order valence-corrected chi connectivity index (χ1v) is 8.49. The molecule has 1 aliphatic rings. The Bertz CT molecular complexity index is 948. The number of hydrogen-bond acceptors (Lipinski definition) is 0. The highest BCUT2D eigenvalue weighted by Crippen LogP contribution is 2.38. The predicted octanol–water partition coefficient (Wildman–Crippen LogP) is 4.48. The number of rotatable bonds is 2. The molecule has 4 rings (SSSR count). The molecule has 0 radical (unpaired) electrons. The van der Waals surface area contributed by atoms with Crippen LogP contribution in [0.25, 0.3) is 11.9 Å². The Morgan fingerprint density at radius 2 is 1.54 bits per heavy atom. The van der Waals surface area contributed by atoms with Gasteiger partial charge >= 0.3 is 0 Å². The Hall–Kier alpha value is -2.61. The van der Waals surface area contributed by atoms with Crippen LogP contribution >= 0.6 is 0 Å². The van der Waals surface area contributed by atoms with Gasteiger partial charge < -0.3 is 0 Å². The van der Waals surface area contributed by atoms with Crippen molar-refractivity contribution in [3.8, 4) is 5.69 Å². The molecule has 0 fully saturated rings. The Morgan fingerprint density at radius 3 is 2.25 bits per heavy atom. The molecule has 0 saturated carbocycles. The zero-order valence-electron chi connectivity index (χ0n) is 14.7. The molecule has 1 atom stereocenters. The number of hydrogen-bond donors (Lipinski definition) is 0. The molecule has 1 unspecified atom stereocenters. The van der Waals surface area contributed by atoms with Crippen molar-refractivity contribution >= 4 is 6.20 Å². The zero-order chi connectivity index (χ0) is 16.9. The van der Waals surface area contributed by atoms with Gasteiger partial charge in [-0.3, -0.25) is 0 Å². The molecule has 0 aliphatic carbocycles. The first-order valence-electron chi connectivity index (χ1n) is 8.49. The van der Waals surface area contributed by atoms with Crippen molar-refractivity contribution in [2.24, 2.45) is 0 Å². The van der Waals surface area contributed by atoms with Gasteiger partial charge in [-0.05, 0) is 37.1 Å². The second kappa shape index (κ2) is 5.20. The van der Waals surface area contributed by atoms with E-state index in [1.165, 1.54) is 34.0 Å². The molecule has 24 heavy (non-hydrogen) atoms. The van der Waals surface area contributed by atoms with E-state index < -0.39 is 0 Å². The summed E-state index contributed by atoms with van der Waals surface area (Å²) < 4.78 is 4.73. The maximum atomic E-state index is 2.38. The summed E-state index contributed by atoms with van der Waals surface area (Å²) in [4.78, 5) is 0. The summed E-state index contributed by atoms with van der Waals surface area (Å²) in [6.07, 6.45) is 4.54. The van der Waals surface area contributed by atoms with E-state index in [-0.39, 0.29) is 5.41 Å². The highest BCUT2D eigenvalue weighted by atomic mass is 15.2. The normalized spacial score (nSPS) is 18.8.